The molecule has 0 aromatic heterocycles. The van der Waals surface area contributed by atoms with Crippen molar-refractivity contribution in [3.63, 3.8) is 0 Å². The van der Waals surface area contributed by atoms with Gasteiger partial charge in [-0.1, -0.05) is 26.0 Å². The normalized spacial score (nSPS) is 20.7. The number of ketones is 1. The topological polar surface area (TPSA) is 106 Å². The molecule has 158 valence electrons. The third kappa shape index (κ3) is 3.83. The van der Waals surface area contributed by atoms with E-state index in [9.17, 15) is 14.9 Å². The summed E-state index contributed by atoms with van der Waals surface area (Å²) in [7, 11) is 2.93. The molecule has 0 fully saturated rings. The van der Waals surface area contributed by atoms with Crippen molar-refractivity contribution in [1.82, 2.24) is 4.90 Å². The lowest BCUT2D eigenvalue weighted by molar-refractivity contribution is -0.118. The molecule has 7 heteroatoms. The Kier molecular flexibility index (Phi) is 5.99. The Labute approximate surface area is 176 Å². The average Bonchev–Trinajstić information content (AvgIpc) is 2.71. The van der Waals surface area contributed by atoms with Gasteiger partial charge >= 0.3 is 5.97 Å². The highest BCUT2D eigenvalue weighted by atomic mass is 16.5. The molecule has 0 saturated carbocycles. The number of nitrogens with zero attached hydrogens (tertiary/aromatic N) is 2. The number of carbonyl (C=O) groups is 2. The summed E-state index contributed by atoms with van der Waals surface area (Å²) in [4.78, 5) is 26.9. The number of esters is 1. The van der Waals surface area contributed by atoms with Gasteiger partial charge in [0.05, 0.1) is 36.8 Å². The summed E-state index contributed by atoms with van der Waals surface area (Å²) >= 11 is 0. The van der Waals surface area contributed by atoms with E-state index < -0.39 is 11.9 Å². The van der Waals surface area contributed by atoms with Gasteiger partial charge in [-0.3, -0.25) is 4.79 Å². The van der Waals surface area contributed by atoms with Crippen LogP contribution in [0, 0.1) is 16.7 Å². The molecular weight excluding hydrogens is 382 g/mol. The number of hydrogen-bond donors (Lipinski definition) is 1. The predicted octanol–water partition coefficient (Wildman–Crippen LogP) is 2.86. The fourth-order valence-electron chi connectivity index (χ4n) is 4.28. The molecule has 0 radical (unpaired) electrons. The van der Waals surface area contributed by atoms with Gasteiger partial charge in [0.2, 0.25) is 0 Å². The maximum absolute atomic E-state index is 13.3. The zero-order valence-corrected chi connectivity index (χ0v) is 17.8. The quantitative estimate of drug-likeness (QED) is 0.745. The second-order valence-corrected chi connectivity index (χ2v) is 8.40. The van der Waals surface area contributed by atoms with E-state index in [4.69, 9.17) is 15.2 Å². The largest absolute Gasteiger partial charge is 0.465 e. The van der Waals surface area contributed by atoms with Crippen molar-refractivity contribution >= 4 is 11.8 Å². The Balaban J connectivity index is 2.16. The summed E-state index contributed by atoms with van der Waals surface area (Å²) in [5.74, 6) is -0.632. The van der Waals surface area contributed by atoms with Gasteiger partial charge in [-0.2, -0.15) is 5.26 Å². The number of hydrogen-bond acceptors (Lipinski definition) is 7. The van der Waals surface area contributed by atoms with Gasteiger partial charge < -0.3 is 20.1 Å². The van der Waals surface area contributed by atoms with Gasteiger partial charge in [-0.05, 0) is 29.5 Å². The van der Waals surface area contributed by atoms with E-state index in [0.717, 1.165) is 11.3 Å². The summed E-state index contributed by atoms with van der Waals surface area (Å²) in [6.45, 7) is 5.00. The van der Waals surface area contributed by atoms with Crippen LogP contribution in [0.4, 0.5) is 0 Å². The van der Waals surface area contributed by atoms with E-state index in [1.807, 2.05) is 4.90 Å². The number of nitrogens with two attached hydrogens (primary N) is 1. The fraction of sp³-hybridized carbons (Fsp3) is 0.435. The highest BCUT2D eigenvalue weighted by Gasteiger charge is 2.44. The van der Waals surface area contributed by atoms with Crippen molar-refractivity contribution in [3.8, 4) is 6.07 Å². The van der Waals surface area contributed by atoms with Gasteiger partial charge in [0.1, 0.15) is 5.82 Å². The molecule has 7 nitrogen and oxygen atoms in total. The van der Waals surface area contributed by atoms with Crippen molar-refractivity contribution in [1.29, 1.82) is 5.26 Å². The Bertz CT molecular complexity index is 967. The molecule has 30 heavy (non-hydrogen) atoms. The SMILES string of the molecule is COCCN1C(N)=C(C#N)[C@@H](c2ccc(C(=O)OC)cc2)C2=C1CC(C)(C)CC2=O. The second kappa shape index (κ2) is 8.33. The van der Waals surface area contributed by atoms with Gasteiger partial charge in [0, 0.05) is 31.3 Å². The van der Waals surface area contributed by atoms with Gasteiger partial charge in [0.15, 0.2) is 5.78 Å². The van der Waals surface area contributed by atoms with E-state index in [1.54, 1.807) is 31.4 Å². The lowest BCUT2D eigenvalue weighted by Crippen LogP contribution is -2.43. The number of methoxy groups -OCH3 is 2. The summed E-state index contributed by atoms with van der Waals surface area (Å²) in [5, 5.41) is 9.94. The molecule has 1 atom stereocenters. The number of rotatable bonds is 5. The molecule has 1 aliphatic carbocycles. The zero-order chi connectivity index (χ0) is 22.1. The van der Waals surface area contributed by atoms with Crippen LogP contribution in [-0.2, 0) is 14.3 Å². The van der Waals surface area contributed by atoms with Gasteiger partial charge in [0.25, 0.3) is 0 Å². The van der Waals surface area contributed by atoms with Crippen LogP contribution in [0.1, 0.15) is 48.5 Å². The maximum atomic E-state index is 13.3. The van der Waals surface area contributed by atoms with Crippen LogP contribution in [0.5, 0.6) is 0 Å². The van der Waals surface area contributed by atoms with Crippen molar-refractivity contribution in [2.45, 2.75) is 32.6 Å². The molecule has 1 heterocycles. The number of carbonyl (C=O) groups excluding carboxylic acids is 2. The number of allylic oxidation sites excluding steroid dienone is 3. The summed E-state index contributed by atoms with van der Waals surface area (Å²) in [6, 6.07) is 9.01. The molecule has 3 rings (SSSR count). The minimum absolute atomic E-state index is 0.0194. The number of Topliss-reactive ketones (excluding diaryl/α,β-unsaturated/α-hetero) is 1. The standard InChI is InChI=1S/C23H27N3O4/c1-23(2)11-17-20(18(27)12-23)19(14-5-7-15(8-6-14)22(28)30-4)16(13-24)21(25)26(17)9-10-29-3/h5-8,19H,9-12,25H2,1-4H3/t19-/m1/s1. The van der Waals surface area contributed by atoms with Gasteiger partial charge in [-0.15, -0.1) is 0 Å². The van der Waals surface area contributed by atoms with Crippen LogP contribution in [0.3, 0.4) is 0 Å². The summed E-state index contributed by atoms with van der Waals surface area (Å²) in [5.41, 5.74) is 9.20. The minimum atomic E-state index is -0.556. The third-order valence-electron chi connectivity index (χ3n) is 5.67. The molecule has 1 aliphatic heterocycles. The molecule has 0 unspecified atom stereocenters. The van der Waals surface area contributed by atoms with Crippen LogP contribution >= 0.6 is 0 Å². The molecule has 2 N–H and O–H groups in total. The monoisotopic (exact) mass is 409 g/mol. The van der Waals surface area contributed by atoms with Gasteiger partial charge in [-0.25, -0.2) is 4.79 Å². The molecule has 0 bridgehead atoms. The molecule has 0 spiro atoms. The smallest absolute Gasteiger partial charge is 0.337 e. The Morgan fingerprint density at radius 3 is 2.50 bits per heavy atom. The fourth-order valence-corrected chi connectivity index (χ4v) is 4.28. The number of ether oxygens (including phenoxy) is 2. The van der Waals surface area contributed by atoms with E-state index in [1.165, 1.54) is 7.11 Å². The maximum Gasteiger partial charge on any atom is 0.337 e. The lowest BCUT2D eigenvalue weighted by Gasteiger charge is -2.43. The van der Waals surface area contributed by atoms with Crippen molar-refractivity contribution in [3.05, 3.63) is 58.1 Å². The third-order valence-corrected chi connectivity index (χ3v) is 5.67. The second-order valence-electron chi connectivity index (χ2n) is 8.40. The summed E-state index contributed by atoms with van der Waals surface area (Å²) in [6.07, 6.45) is 1.08. The molecular formula is C23H27N3O4. The lowest BCUT2D eigenvalue weighted by atomic mass is 9.68. The first-order chi connectivity index (χ1) is 14.2. The van der Waals surface area contributed by atoms with Crippen LogP contribution < -0.4 is 5.73 Å². The van der Waals surface area contributed by atoms with Crippen molar-refractivity contribution in [2.75, 3.05) is 27.4 Å². The first-order valence-electron chi connectivity index (χ1n) is 9.84. The van der Waals surface area contributed by atoms with E-state index >= 15 is 0 Å². The molecule has 0 saturated heterocycles. The zero-order valence-electron chi connectivity index (χ0n) is 17.8. The van der Waals surface area contributed by atoms with E-state index in [0.29, 0.717) is 48.5 Å². The first kappa shape index (κ1) is 21.6. The highest BCUT2D eigenvalue weighted by molar-refractivity contribution is 6.00. The molecule has 1 aromatic rings. The molecule has 0 amide bonds. The number of benzene rings is 1. The molecule has 2 aliphatic rings. The predicted molar refractivity (Wildman–Crippen MR) is 111 cm³/mol. The summed E-state index contributed by atoms with van der Waals surface area (Å²) < 4.78 is 9.98. The van der Waals surface area contributed by atoms with Crippen molar-refractivity contribution < 1.29 is 19.1 Å². The van der Waals surface area contributed by atoms with Crippen LogP contribution in [0.25, 0.3) is 0 Å². The van der Waals surface area contributed by atoms with Crippen LogP contribution in [0.15, 0.2) is 46.9 Å². The first-order valence-corrected chi connectivity index (χ1v) is 9.84. The minimum Gasteiger partial charge on any atom is -0.465 e. The highest BCUT2D eigenvalue weighted by Crippen LogP contribution is 2.48. The molecule has 1 aromatic carbocycles. The Hall–Kier alpha value is -3.11. The average molecular weight is 409 g/mol. The van der Waals surface area contributed by atoms with Crippen molar-refractivity contribution in [2.24, 2.45) is 11.1 Å². The van der Waals surface area contributed by atoms with E-state index in [2.05, 4.69) is 19.9 Å². The van der Waals surface area contributed by atoms with Crippen LogP contribution in [0.2, 0.25) is 0 Å². The Morgan fingerprint density at radius 1 is 1.27 bits per heavy atom. The van der Waals surface area contributed by atoms with E-state index in [-0.39, 0.29) is 11.2 Å². The Morgan fingerprint density at radius 2 is 1.93 bits per heavy atom. The van der Waals surface area contributed by atoms with Crippen LogP contribution in [-0.4, -0.2) is 44.0 Å². The number of nitriles is 1.